The molecule has 0 aromatic carbocycles. The molecule has 1 N–H and O–H groups in total. The summed E-state index contributed by atoms with van der Waals surface area (Å²) in [6.07, 6.45) is 0. The first-order chi connectivity index (χ1) is 5.50. The Labute approximate surface area is 71.9 Å². The van der Waals surface area contributed by atoms with Crippen LogP contribution in [0.3, 0.4) is 0 Å². The number of amides is 1. The molecule has 12 heavy (non-hydrogen) atoms. The predicted molar refractivity (Wildman–Crippen MR) is 44.6 cm³/mol. The smallest absolute Gasteiger partial charge is 0.259 e. The largest absolute Gasteiger partial charge is 0.356 e. The fraction of sp³-hybridized carbons (Fsp3) is 0.875. The number of likely N-dealkylation sites (tertiary alicyclic amines) is 1. The Hall–Kier alpha value is -0.640. The zero-order valence-electron chi connectivity index (χ0n) is 7.72. The van der Waals surface area contributed by atoms with Gasteiger partial charge in [0.2, 0.25) is 5.67 Å². The first kappa shape index (κ1) is 9.45. The molecular weight excluding hydrogens is 159 g/mol. The Kier molecular flexibility index (Phi) is 2.37. The molecule has 2 unspecified atom stereocenters. The van der Waals surface area contributed by atoms with Gasteiger partial charge in [0.1, 0.15) is 0 Å². The van der Waals surface area contributed by atoms with Crippen molar-refractivity contribution in [3.8, 4) is 0 Å². The van der Waals surface area contributed by atoms with Gasteiger partial charge in [0.25, 0.3) is 5.91 Å². The third kappa shape index (κ3) is 1.31. The Morgan fingerprint density at radius 3 is 2.67 bits per heavy atom. The van der Waals surface area contributed by atoms with Gasteiger partial charge in [0, 0.05) is 26.1 Å². The lowest BCUT2D eigenvalue weighted by molar-refractivity contribution is -0.133. The Balaban J connectivity index is 2.77. The molecule has 3 nitrogen and oxygen atoms in total. The highest BCUT2D eigenvalue weighted by molar-refractivity contribution is 5.85. The van der Waals surface area contributed by atoms with Crippen LogP contribution in [-0.2, 0) is 4.79 Å². The van der Waals surface area contributed by atoms with Gasteiger partial charge in [-0.15, -0.1) is 0 Å². The molecule has 4 heteroatoms. The van der Waals surface area contributed by atoms with Crippen molar-refractivity contribution < 1.29 is 9.18 Å². The molecule has 0 aromatic heterocycles. The average molecular weight is 174 g/mol. The van der Waals surface area contributed by atoms with Crippen LogP contribution in [0.25, 0.3) is 0 Å². The number of hydrogen-bond donors (Lipinski definition) is 1. The van der Waals surface area contributed by atoms with Gasteiger partial charge in [0.15, 0.2) is 0 Å². The van der Waals surface area contributed by atoms with E-state index in [4.69, 9.17) is 0 Å². The fourth-order valence-electron chi connectivity index (χ4n) is 1.73. The molecule has 0 saturated carbocycles. The Morgan fingerprint density at radius 1 is 1.75 bits per heavy atom. The van der Waals surface area contributed by atoms with Crippen LogP contribution in [0.15, 0.2) is 0 Å². The lowest BCUT2D eigenvalue weighted by atomic mass is 9.94. The van der Waals surface area contributed by atoms with Gasteiger partial charge in [-0.3, -0.25) is 4.79 Å². The third-order valence-electron chi connectivity index (χ3n) is 2.47. The lowest BCUT2D eigenvalue weighted by Crippen LogP contribution is -2.47. The monoisotopic (exact) mass is 174 g/mol. The van der Waals surface area contributed by atoms with E-state index in [1.807, 2.05) is 11.9 Å². The number of halogens is 1. The lowest BCUT2D eigenvalue weighted by Gasteiger charge is -2.21. The number of hydrogen-bond acceptors (Lipinski definition) is 2. The number of rotatable bonds is 1. The van der Waals surface area contributed by atoms with E-state index in [1.165, 1.54) is 7.05 Å². The van der Waals surface area contributed by atoms with Gasteiger partial charge in [-0.05, 0) is 7.05 Å². The van der Waals surface area contributed by atoms with Crippen LogP contribution in [0.2, 0.25) is 0 Å². The molecule has 1 aliphatic heterocycles. The predicted octanol–water partition coefficient (Wildman–Crippen LogP) is 0.0222. The summed E-state index contributed by atoms with van der Waals surface area (Å²) in [4.78, 5) is 13.0. The third-order valence-corrected chi connectivity index (χ3v) is 2.47. The molecular formula is C8H15FN2O. The van der Waals surface area contributed by atoms with Crippen molar-refractivity contribution in [3.05, 3.63) is 0 Å². The van der Waals surface area contributed by atoms with E-state index in [9.17, 15) is 9.18 Å². The van der Waals surface area contributed by atoms with E-state index in [2.05, 4.69) is 5.32 Å². The van der Waals surface area contributed by atoms with Crippen LogP contribution in [0.1, 0.15) is 6.92 Å². The second kappa shape index (κ2) is 3.01. The average Bonchev–Trinajstić information content (AvgIpc) is 2.26. The number of alkyl halides is 1. The van der Waals surface area contributed by atoms with Gasteiger partial charge < -0.3 is 10.2 Å². The Bertz CT molecular complexity index is 197. The molecule has 1 saturated heterocycles. The summed E-state index contributed by atoms with van der Waals surface area (Å²) < 4.78 is 13.9. The van der Waals surface area contributed by atoms with Gasteiger partial charge in [-0.2, -0.15) is 0 Å². The van der Waals surface area contributed by atoms with Crippen LogP contribution >= 0.6 is 0 Å². The topological polar surface area (TPSA) is 32.3 Å². The van der Waals surface area contributed by atoms with Crippen molar-refractivity contribution in [1.82, 2.24) is 10.2 Å². The molecule has 0 aromatic rings. The van der Waals surface area contributed by atoms with E-state index in [1.54, 1.807) is 6.92 Å². The van der Waals surface area contributed by atoms with Gasteiger partial charge in [-0.25, -0.2) is 4.39 Å². The van der Waals surface area contributed by atoms with Gasteiger partial charge >= 0.3 is 0 Å². The van der Waals surface area contributed by atoms with Crippen molar-refractivity contribution in [1.29, 1.82) is 0 Å². The number of nitrogens with zero attached hydrogens (tertiary/aromatic N) is 1. The van der Waals surface area contributed by atoms with Crippen LogP contribution in [0.5, 0.6) is 0 Å². The number of nitrogens with one attached hydrogen (secondary N) is 1. The summed E-state index contributed by atoms with van der Waals surface area (Å²) in [5.41, 5.74) is -1.69. The number of carbonyl (C=O) groups is 1. The minimum Gasteiger partial charge on any atom is -0.356 e. The summed E-state index contributed by atoms with van der Waals surface area (Å²) in [6.45, 7) is 2.61. The molecule has 1 heterocycles. The highest BCUT2D eigenvalue weighted by Crippen LogP contribution is 2.30. The molecule has 0 aliphatic carbocycles. The molecule has 1 rings (SSSR count). The maximum absolute atomic E-state index is 13.9. The van der Waals surface area contributed by atoms with E-state index >= 15 is 0 Å². The number of carbonyl (C=O) groups excluding carboxylic acids is 1. The van der Waals surface area contributed by atoms with Crippen molar-refractivity contribution >= 4 is 5.91 Å². The Morgan fingerprint density at radius 2 is 2.33 bits per heavy atom. The highest BCUT2D eigenvalue weighted by atomic mass is 19.1. The molecule has 0 spiro atoms. The summed E-state index contributed by atoms with van der Waals surface area (Å²) in [6, 6.07) is 0. The summed E-state index contributed by atoms with van der Waals surface area (Å²) in [5, 5.41) is 2.36. The quantitative estimate of drug-likeness (QED) is 0.608. The molecule has 1 amide bonds. The standard InChI is InChI=1S/C8H15FN2O/c1-6-4-11(3)5-8(6,9)7(12)10-2/h6H,4-5H2,1-3H3,(H,10,12). The van der Waals surface area contributed by atoms with Gasteiger partial charge in [-0.1, -0.05) is 6.92 Å². The molecule has 0 radical (unpaired) electrons. The maximum Gasteiger partial charge on any atom is 0.259 e. The van der Waals surface area contributed by atoms with Crippen molar-refractivity contribution in [2.45, 2.75) is 12.6 Å². The van der Waals surface area contributed by atoms with E-state index in [0.29, 0.717) is 6.54 Å². The second-order valence-corrected chi connectivity index (χ2v) is 3.54. The van der Waals surface area contributed by atoms with E-state index in [-0.39, 0.29) is 12.5 Å². The molecule has 1 aliphatic rings. The fourth-order valence-corrected chi connectivity index (χ4v) is 1.73. The SMILES string of the molecule is CNC(=O)C1(F)CN(C)CC1C. The summed E-state index contributed by atoms with van der Waals surface area (Å²) in [7, 11) is 3.29. The zero-order chi connectivity index (χ0) is 9.35. The maximum atomic E-state index is 13.9. The van der Waals surface area contributed by atoms with Crippen molar-refractivity contribution in [2.75, 3.05) is 27.2 Å². The van der Waals surface area contributed by atoms with Crippen LogP contribution in [0.4, 0.5) is 4.39 Å². The molecule has 2 atom stereocenters. The first-order valence-electron chi connectivity index (χ1n) is 4.10. The highest BCUT2D eigenvalue weighted by Gasteiger charge is 2.49. The van der Waals surface area contributed by atoms with Crippen LogP contribution in [0, 0.1) is 5.92 Å². The summed E-state index contributed by atoms with van der Waals surface area (Å²) >= 11 is 0. The normalized spacial score (nSPS) is 36.8. The molecule has 1 fully saturated rings. The van der Waals surface area contributed by atoms with Crippen molar-refractivity contribution in [3.63, 3.8) is 0 Å². The van der Waals surface area contributed by atoms with Gasteiger partial charge in [0.05, 0.1) is 0 Å². The minimum atomic E-state index is -1.69. The van der Waals surface area contributed by atoms with Crippen LogP contribution < -0.4 is 5.32 Å². The van der Waals surface area contributed by atoms with E-state index < -0.39 is 11.6 Å². The first-order valence-corrected chi connectivity index (χ1v) is 4.10. The minimum absolute atomic E-state index is 0.202. The second-order valence-electron chi connectivity index (χ2n) is 3.54. The molecule has 0 bridgehead atoms. The van der Waals surface area contributed by atoms with Crippen molar-refractivity contribution in [2.24, 2.45) is 5.92 Å². The zero-order valence-corrected chi connectivity index (χ0v) is 7.72. The van der Waals surface area contributed by atoms with E-state index in [0.717, 1.165) is 0 Å². The molecule has 70 valence electrons. The van der Waals surface area contributed by atoms with Crippen LogP contribution in [-0.4, -0.2) is 43.7 Å². The summed E-state index contributed by atoms with van der Waals surface area (Å²) in [5.74, 6) is -0.721.